The van der Waals surface area contributed by atoms with Gasteiger partial charge in [0.05, 0.1) is 12.0 Å². The highest BCUT2D eigenvalue weighted by Crippen LogP contribution is 2.36. The van der Waals surface area contributed by atoms with Crippen LogP contribution in [0, 0.1) is 0 Å². The molecule has 1 aliphatic rings. The van der Waals surface area contributed by atoms with E-state index in [1.54, 1.807) is 36.4 Å². The maximum Gasteiger partial charge on any atom is 0.193 e. The Balaban J connectivity index is 1.78. The second-order valence-electron chi connectivity index (χ2n) is 5.37. The van der Waals surface area contributed by atoms with Crippen molar-refractivity contribution in [3.05, 3.63) is 58.8 Å². The predicted octanol–water partition coefficient (Wildman–Crippen LogP) is 2.59. The quantitative estimate of drug-likeness (QED) is 0.788. The van der Waals surface area contributed by atoms with Gasteiger partial charge < -0.3 is 19.0 Å². The number of para-hydroxylation sites is 1. The second-order valence-corrected chi connectivity index (χ2v) is 5.37. The minimum atomic E-state index is -0.355. The molecule has 116 valence electrons. The van der Waals surface area contributed by atoms with E-state index in [9.17, 15) is 4.79 Å². The van der Waals surface area contributed by atoms with E-state index in [-0.39, 0.29) is 24.7 Å². The third-order valence-electron chi connectivity index (χ3n) is 3.78. The van der Waals surface area contributed by atoms with Crippen molar-refractivity contribution >= 4 is 11.0 Å². The summed E-state index contributed by atoms with van der Waals surface area (Å²) in [4.78, 5) is 12.2. The van der Waals surface area contributed by atoms with Crippen molar-refractivity contribution in [3.63, 3.8) is 0 Å². The first-order chi connectivity index (χ1) is 11.2. The molecular formula is C18H14O5. The largest absolute Gasteiger partial charge is 0.486 e. The Labute approximate surface area is 131 Å². The number of benzene rings is 2. The Morgan fingerprint density at radius 3 is 2.83 bits per heavy atom. The van der Waals surface area contributed by atoms with E-state index in [1.807, 2.05) is 6.07 Å². The summed E-state index contributed by atoms with van der Waals surface area (Å²) in [6.07, 6.45) is -0.355. The zero-order valence-corrected chi connectivity index (χ0v) is 12.2. The van der Waals surface area contributed by atoms with Crippen molar-refractivity contribution in [1.82, 2.24) is 0 Å². The molecule has 1 atom stereocenters. The van der Waals surface area contributed by atoms with Gasteiger partial charge in [-0.25, -0.2) is 0 Å². The molecule has 0 spiro atoms. The molecule has 0 aliphatic carbocycles. The van der Waals surface area contributed by atoms with E-state index in [2.05, 4.69) is 0 Å². The van der Waals surface area contributed by atoms with Crippen LogP contribution in [0.15, 0.2) is 57.7 Å². The Bertz CT molecular complexity index is 928. The highest BCUT2D eigenvalue weighted by Gasteiger charge is 2.21. The van der Waals surface area contributed by atoms with Gasteiger partial charge in [0.15, 0.2) is 23.0 Å². The lowest BCUT2D eigenvalue weighted by molar-refractivity contribution is 0.0457. The summed E-state index contributed by atoms with van der Waals surface area (Å²) in [7, 11) is 0. The summed E-state index contributed by atoms with van der Waals surface area (Å²) in [6.45, 7) is 0.190. The van der Waals surface area contributed by atoms with Crippen molar-refractivity contribution in [2.45, 2.75) is 6.10 Å². The molecule has 1 aromatic heterocycles. The normalized spacial score (nSPS) is 16.5. The van der Waals surface area contributed by atoms with E-state index in [0.29, 0.717) is 28.2 Å². The van der Waals surface area contributed by atoms with Crippen LogP contribution in [-0.2, 0) is 0 Å². The van der Waals surface area contributed by atoms with Crippen LogP contribution in [0.1, 0.15) is 0 Å². The SMILES string of the molecule is O=c1cc(-c2ccc3c(c2)OCC(CO)O3)oc2ccccc12. The smallest absolute Gasteiger partial charge is 0.193 e. The first-order valence-corrected chi connectivity index (χ1v) is 7.32. The molecule has 3 aromatic rings. The van der Waals surface area contributed by atoms with Crippen LogP contribution >= 0.6 is 0 Å². The van der Waals surface area contributed by atoms with Gasteiger partial charge in [-0.15, -0.1) is 0 Å². The number of ether oxygens (including phenoxy) is 2. The molecule has 23 heavy (non-hydrogen) atoms. The van der Waals surface area contributed by atoms with E-state index < -0.39 is 0 Å². The van der Waals surface area contributed by atoms with Gasteiger partial charge in [0.1, 0.15) is 18.0 Å². The summed E-state index contributed by atoms with van der Waals surface area (Å²) in [6, 6.07) is 13.9. The minimum absolute atomic E-state index is 0.0860. The van der Waals surface area contributed by atoms with Crippen LogP contribution < -0.4 is 14.9 Å². The number of hydrogen-bond acceptors (Lipinski definition) is 5. The van der Waals surface area contributed by atoms with Crippen LogP contribution in [-0.4, -0.2) is 24.4 Å². The van der Waals surface area contributed by atoms with Gasteiger partial charge in [-0.2, -0.15) is 0 Å². The molecule has 2 aromatic carbocycles. The molecule has 0 bridgehead atoms. The molecule has 0 amide bonds. The lowest BCUT2D eigenvalue weighted by Gasteiger charge is -2.25. The van der Waals surface area contributed by atoms with E-state index in [0.717, 1.165) is 5.56 Å². The molecule has 1 N–H and O–H groups in total. The second kappa shape index (κ2) is 5.44. The van der Waals surface area contributed by atoms with Crippen LogP contribution in [0.5, 0.6) is 11.5 Å². The van der Waals surface area contributed by atoms with Crippen molar-refractivity contribution in [2.24, 2.45) is 0 Å². The maximum atomic E-state index is 12.2. The van der Waals surface area contributed by atoms with Gasteiger partial charge in [-0.1, -0.05) is 12.1 Å². The average Bonchev–Trinajstić information content (AvgIpc) is 2.60. The zero-order valence-electron chi connectivity index (χ0n) is 12.2. The highest BCUT2D eigenvalue weighted by molar-refractivity contribution is 5.78. The summed E-state index contributed by atoms with van der Waals surface area (Å²) in [5.41, 5.74) is 1.19. The fraction of sp³-hybridized carbons (Fsp3) is 0.167. The summed E-state index contributed by atoms with van der Waals surface area (Å²) in [5.74, 6) is 1.62. The van der Waals surface area contributed by atoms with E-state index >= 15 is 0 Å². The van der Waals surface area contributed by atoms with Gasteiger partial charge in [0.2, 0.25) is 0 Å². The molecule has 0 radical (unpaired) electrons. The Hall–Kier alpha value is -2.79. The number of aliphatic hydroxyl groups excluding tert-OH is 1. The molecule has 5 heteroatoms. The average molecular weight is 310 g/mol. The predicted molar refractivity (Wildman–Crippen MR) is 84.9 cm³/mol. The van der Waals surface area contributed by atoms with Gasteiger partial charge in [-0.05, 0) is 30.3 Å². The van der Waals surface area contributed by atoms with Crippen molar-refractivity contribution < 1.29 is 19.0 Å². The van der Waals surface area contributed by atoms with Gasteiger partial charge in [-0.3, -0.25) is 4.79 Å². The zero-order chi connectivity index (χ0) is 15.8. The monoisotopic (exact) mass is 310 g/mol. The molecule has 1 unspecified atom stereocenters. The first kappa shape index (κ1) is 13.8. The lowest BCUT2D eigenvalue weighted by atomic mass is 10.1. The molecule has 5 nitrogen and oxygen atoms in total. The standard InChI is InChI=1S/C18H14O5/c19-9-12-10-21-18-7-11(5-6-16(18)22-12)17-8-14(20)13-3-1-2-4-15(13)23-17/h1-8,12,19H,9-10H2. The third-order valence-corrected chi connectivity index (χ3v) is 3.78. The van der Waals surface area contributed by atoms with Crippen LogP contribution in [0.4, 0.5) is 0 Å². The molecule has 4 rings (SSSR count). The maximum absolute atomic E-state index is 12.2. The van der Waals surface area contributed by atoms with Gasteiger partial charge >= 0.3 is 0 Å². The number of rotatable bonds is 2. The van der Waals surface area contributed by atoms with Gasteiger partial charge in [0.25, 0.3) is 0 Å². The summed E-state index contributed by atoms with van der Waals surface area (Å²) >= 11 is 0. The number of hydrogen-bond donors (Lipinski definition) is 1. The Morgan fingerprint density at radius 2 is 1.96 bits per heavy atom. The van der Waals surface area contributed by atoms with Crippen molar-refractivity contribution in [3.8, 4) is 22.8 Å². The fourth-order valence-corrected chi connectivity index (χ4v) is 2.60. The first-order valence-electron chi connectivity index (χ1n) is 7.32. The third kappa shape index (κ3) is 2.45. The Kier molecular flexibility index (Phi) is 3.28. The minimum Gasteiger partial charge on any atom is -0.486 e. The van der Waals surface area contributed by atoms with Crippen LogP contribution in [0.25, 0.3) is 22.3 Å². The van der Waals surface area contributed by atoms with Crippen LogP contribution in [0.3, 0.4) is 0 Å². The molecule has 0 saturated carbocycles. The van der Waals surface area contributed by atoms with Crippen LogP contribution in [0.2, 0.25) is 0 Å². The Morgan fingerprint density at radius 1 is 1.09 bits per heavy atom. The highest BCUT2D eigenvalue weighted by atomic mass is 16.6. The molecule has 1 aliphatic heterocycles. The van der Waals surface area contributed by atoms with Crippen molar-refractivity contribution in [2.75, 3.05) is 13.2 Å². The molecule has 0 fully saturated rings. The number of aliphatic hydroxyl groups is 1. The molecule has 0 saturated heterocycles. The topological polar surface area (TPSA) is 68.9 Å². The van der Waals surface area contributed by atoms with E-state index in [4.69, 9.17) is 19.0 Å². The van der Waals surface area contributed by atoms with Gasteiger partial charge in [0, 0.05) is 11.6 Å². The summed E-state index contributed by atoms with van der Waals surface area (Å²) < 4.78 is 17.0. The lowest BCUT2D eigenvalue weighted by Crippen LogP contribution is -2.32. The fourth-order valence-electron chi connectivity index (χ4n) is 2.60. The van der Waals surface area contributed by atoms with Crippen molar-refractivity contribution in [1.29, 1.82) is 0 Å². The van der Waals surface area contributed by atoms with E-state index in [1.165, 1.54) is 6.07 Å². The number of fused-ring (bicyclic) bond motifs is 2. The summed E-state index contributed by atoms with van der Waals surface area (Å²) in [5, 5.41) is 9.68. The molecular weight excluding hydrogens is 296 g/mol. The molecule has 2 heterocycles.